The van der Waals surface area contributed by atoms with E-state index >= 15 is 0 Å². The molecule has 1 saturated heterocycles. The van der Waals surface area contributed by atoms with E-state index < -0.39 is 29.7 Å². The average Bonchev–Trinajstić information content (AvgIpc) is 3.49. The number of amides is 4. The molecule has 3 heterocycles. The van der Waals surface area contributed by atoms with Crippen LogP contribution in [0.3, 0.4) is 0 Å². The molecule has 3 atom stereocenters. The zero-order chi connectivity index (χ0) is 36.1. The first-order valence-electron chi connectivity index (χ1n) is 16.6. The number of carbonyl (C=O) groups is 5. The van der Waals surface area contributed by atoms with Crippen LogP contribution in [0, 0.1) is 17.2 Å². The number of methoxy groups -OCH3 is 1. The number of piperidine rings is 1. The van der Waals surface area contributed by atoms with Crippen molar-refractivity contribution < 1.29 is 33.4 Å². The summed E-state index contributed by atoms with van der Waals surface area (Å²) >= 11 is 0. The van der Waals surface area contributed by atoms with E-state index in [1.165, 1.54) is 18.0 Å². The van der Waals surface area contributed by atoms with Crippen molar-refractivity contribution in [2.24, 2.45) is 5.92 Å². The molecule has 0 spiro atoms. The number of likely N-dealkylation sites (tertiary alicyclic amines) is 1. The van der Waals surface area contributed by atoms with E-state index in [1.807, 2.05) is 18.0 Å². The number of aromatic nitrogens is 3. The lowest BCUT2D eigenvalue weighted by Gasteiger charge is -2.42. The fourth-order valence-electron chi connectivity index (χ4n) is 5.66. The van der Waals surface area contributed by atoms with Crippen LogP contribution in [-0.2, 0) is 23.9 Å². The molecular weight excluding hydrogens is 634 g/mol. The number of nitrogens with one attached hydrogen (secondary N) is 3. The zero-order valence-corrected chi connectivity index (χ0v) is 29.3. The predicted molar refractivity (Wildman–Crippen MR) is 180 cm³/mol. The minimum absolute atomic E-state index is 0.0437. The molecule has 1 unspecified atom stereocenters. The van der Waals surface area contributed by atoms with Crippen molar-refractivity contribution >= 4 is 46.8 Å². The third-order valence-electron chi connectivity index (χ3n) is 8.28. The summed E-state index contributed by atoms with van der Waals surface area (Å²) in [6.07, 6.45) is 4.99. The van der Waals surface area contributed by atoms with Crippen molar-refractivity contribution in [1.29, 1.82) is 5.26 Å². The first-order valence-corrected chi connectivity index (χ1v) is 16.6. The average molecular weight is 684 g/mol. The maximum absolute atomic E-state index is 13.1. The van der Waals surface area contributed by atoms with Crippen LogP contribution in [0.25, 0.3) is 11.0 Å². The van der Waals surface area contributed by atoms with Crippen molar-refractivity contribution in [2.45, 2.75) is 90.3 Å². The number of likely N-dealkylation sites (N-methyl/N-ethyl adjacent to an activating group) is 1. The third kappa shape index (κ3) is 11.3. The smallest absolute Gasteiger partial charge is 0.407 e. The van der Waals surface area contributed by atoms with Gasteiger partial charge in [-0.05, 0) is 64.9 Å². The number of ether oxygens (including phenoxy) is 2. The first kappa shape index (κ1) is 38.5. The number of hydrogen-bond acceptors (Lipinski definition) is 11. The molecule has 16 nitrogen and oxygen atoms in total. The van der Waals surface area contributed by atoms with Gasteiger partial charge in [-0.15, -0.1) is 0 Å². The van der Waals surface area contributed by atoms with Gasteiger partial charge < -0.3 is 35.2 Å². The van der Waals surface area contributed by atoms with Gasteiger partial charge in [0.25, 0.3) is 0 Å². The van der Waals surface area contributed by atoms with Gasteiger partial charge in [0.2, 0.25) is 11.8 Å². The molecule has 268 valence electrons. The quantitative estimate of drug-likeness (QED) is 0.195. The third-order valence-corrected chi connectivity index (χ3v) is 8.28. The van der Waals surface area contributed by atoms with Gasteiger partial charge in [-0.1, -0.05) is 6.92 Å². The number of carbonyl (C=O) groups excluding carboxylic acids is 5. The molecule has 49 heavy (non-hydrogen) atoms. The summed E-state index contributed by atoms with van der Waals surface area (Å²) in [5, 5.41) is 17.8. The van der Waals surface area contributed by atoms with Crippen molar-refractivity contribution in [3.63, 3.8) is 0 Å². The van der Waals surface area contributed by atoms with E-state index in [0.717, 1.165) is 6.42 Å². The Morgan fingerprint density at radius 2 is 1.86 bits per heavy atom. The van der Waals surface area contributed by atoms with Crippen LogP contribution in [0.4, 0.5) is 15.4 Å². The Kier molecular flexibility index (Phi) is 14.1. The van der Waals surface area contributed by atoms with Crippen LogP contribution in [-0.4, -0.2) is 107 Å². The number of fused-ring (bicyclic) bond motifs is 1. The maximum Gasteiger partial charge on any atom is 0.407 e. The minimum atomic E-state index is -0.829. The zero-order valence-electron chi connectivity index (χ0n) is 29.3. The van der Waals surface area contributed by atoms with Gasteiger partial charge in [0.15, 0.2) is 5.65 Å². The van der Waals surface area contributed by atoms with Crippen molar-refractivity contribution in [2.75, 3.05) is 45.2 Å². The first-order chi connectivity index (χ1) is 23.2. The molecule has 2 aromatic heterocycles. The topological polar surface area (TPSA) is 201 Å². The van der Waals surface area contributed by atoms with E-state index in [1.54, 1.807) is 37.9 Å². The molecule has 0 saturated carbocycles. The molecule has 1 aliphatic heterocycles. The monoisotopic (exact) mass is 683 g/mol. The van der Waals surface area contributed by atoms with Gasteiger partial charge in [0.1, 0.15) is 30.2 Å². The molecule has 16 heteroatoms. The Hall–Kier alpha value is -4.94. The number of unbranched alkanes of at least 4 members (excludes halogenated alkanes) is 1. The van der Waals surface area contributed by atoms with Gasteiger partial charge >= 0.3 is 18.1 Å². The number of anilines is 1. The Balaban J connectivity index is 1.49. The Morgan fingerprint density at radius 1 is 1.12 bits per heavy atom. The SMILES string of the molecule is COC(=O)[C@H](CCCCNC(=O)OC(C)(C)C)NC(=O)CCCNC(=O)n1ccc2c(N(C)C3CN(C(=O)CC#N)CC[C@H]3C)ncnc21. The summed E-state index contributed by atoms with van der Waals surface area (Å²) < 4.78 is 11.4. The maximum atomic E-state index is 13.1. The largest absolute Gasteiger partial charge is 0.467 e. The molecule has 0 radical (unpaired) electrons. The Labute approximate surface area is 286 Å². The second kappa shape index (κ2) is 18.0. The lowest BCUT2D eigenvalue weighted by Crippen LogP contribution is -2.52. The Morgan fingerprint density at radius 3 is 2.55 bits per heavy atom. The van der Waals surface area contributed by atoms with Crippen LogP contribution in [0.5, 0.6) is 0 Å². The lowest BCUT2D eigenvalue weighted by molar-refractivity contribution is -0.145. The fraction of sp³-hybridized carbons (Fsp3) is 0.636. The molecule has 0 bridgehead atoms. The van der Waals surface area contributed by atoms with Crippen molar-refractivity contribution in [1.82, 2.24) is 35.4 Å². The molecule has 0 aromatic carbocycles. The molecule has 0 aliphatic carbocycles. The lowest BCUT2D eigenvalue weighted by atomic mass is 9.92. The van der Waals surface area contributed by atoms with Crippen LogP contribution in [0.2, 0.25) is 0 Å². The van der Waals surface area contributed by atoms with Crippen molar-refractivity contribution in [3.8, 4) is 6.07 Å². The van der Waals surface area contributed by atoms with Crippen LogP contribution >= 0.6 is 0 Å². The van der Waals surface area contributed by atoms with Gasteiger partial charge in [0, 0.05) is 45.8 Å². The molecule has 3 N–H and O–H groups in total. The highest BCUT2D eigenvalue weighted by Gasteiger charge is 2.33. The molecule has 2 aromatic rings. The van der Waals surface area contributed by atoms with Gasteiger partial charge in [-0.3, -0.25) is 14.2 Å². The van der Waals surface area contributed by atoms with Crippen LogP contribution < -0.4 is 20.9 Å². The number of nitriles is 1. The van der Waals surface area contributed by atoms with E-state index in [2.05, 4.69) is 32.8 Å². The second-order valence-corrected chi connectivity index (χ2v) is 13.1. The summed E-state index contributed by atoms with van der Waals surface area (Å²) in [7, 11) is 3.15. The molecular formula is C33H49N9O7. The highest BCUT2D eigenvalue weighted by Crippen LogP contribution is 2.29. The standard InChI is InChI=1S/C33H49N9O7/c1-22-13-18-41(27(44)12-15-34)20-25(22)40(5)28-23-14-19-42(29(23)38-21-37-28)31(46)35-17-9-11-26(43)39-24(30(45)48-6)10-7-8-16-36-32(47)49-33(2,3)4/h14,19,21-22,24-25H,7-13,16-18,20H2,1-6H3,(H,35,46)(H,36,47)(H,39,43)/t22-,24+,25?/m1/s1. The predicted octanol–water partition coefficient (Wildman–Crippen LogP) is 2.71. The van der Waals surface area contributed by atoms with E-state index in [4.69, 9.17) is 14.7 Å². The number of hydrogen-bond donors (Lipinski definition) is 3. The summed E-state index contributed by atoms with van der Waals surface area (Å²) in [6, 6.07) is 2.40. The Bertz CT molecular complexity index is 1510. The van der Waals surface area contributed by atoms with Gasteiger partial charge in [0.05, 0.1) is 24.6 Å². The molecule has 1 aliphatic rings. The summed E-state index contributed by atoms with van der Waals surface area (Å²) in [5.41, 5.74) is -0.182. The normalized spacial score (nSPS) is 16.6. The minimum Gasteiger partial charge on any atom is -0.467 e. The highest BCUT2D eigenvalue weighted by atomic mass is 16.6. The van der Waals surface area contributed by atoms with E-state index in [-0.39, 0.29) is 43.2 Å². The van der Waals surface area contributed by atoms with Gasteiger partial charge in [-0.25, -0.2) is 24.4 Å². The molecule has 3 rings (SSSR count). The highest BCUT2D eigenvalue weighted by molar-refractivity contribution is 5.95. The number of rotatable bonds is 14. The molecule has 1 fully saturated rings. The number of alkyl carbamates (subject to hydrolysis) is 1. The number of esters is 1. The number of nitrogens with zero attached hydrogens (tertiary/aromatic N) is 6. The van der Waals surface area contributed by atoms with Crippen molar-refractivity contribution in [3.05, 3.63) is 18.6 Å². The van der Waals surface area contributed by atoms with Crippen LogP contribution in [0.15, 0.2) is 18.6 Å². The second-order valence-electron chi connectivity index (χ2n) is 13.1. The summed E-state index contributed by atoms with van der Waals surface area (Å²) in [5.74, 6) is -0.214. The van der Waals surface area contributed by atoms with E-state index in [9.17, 15) is 24.0 Å². The van der Waals surface area contributed by atoms with E-state index in [0.29, 0.717) is 62.2 Å². The fourth-order valence-corrected chi connectivity index (χ4v) is 5.66. The van der Waals surface area contributed by atoms with Crippen LogP contribution in [0.1, 0.15) is 72.6 Å². The summed E-state index contributed by atoms with van der Waals surface area (Å²) in [6.45, 7) is 9.08. The molecule has 4 amide bonds. The summed E-state index contributed by atoms with van der Waals surface area (Å²) in [4.78, 5) is 74.7. The van der Waals surface area contributed by atoms with Gasteiger partial charge in [-0.2, -0.15) is 5.26 Å².